The molecular weight excluding hydrogens is 212 g/mol. The zero-order chi connectivity index (χ0) is 12.1. The minimum absolute atomic E-state index is 0.858. The maximum Gasteiger partial charge on any atom is 0.126 e. The number of aromatic nitrogens is 1. The van der Waals surface area contributed by atoms with Crippen LogP contribution in [0.25, 0.3) is 11.3 Å². The number of rotatable bonds is 4. The van der Waals surface area contributed by atoms with Crippen molar-refractivity contribution in [3.63, 3.8) is 0 Å². The molecule has 0 amide bonds. The summed E-state index contributed by atoms with van der Waals surface area (Å²) >= 11 is 0. The molecule has 0 aliphatic carbocycles. The molecule has 2 aromatic rings. The van der Waals surface area contributed by atoms with Crippen LogP contribution in [-0.2, 0) is 0 Å². The number of methoxy groups -OCH3 is 1. The number of benzene rings is 1. The van der Waals surface area contributed by atoms with Gasteiger partial charge in [0.25, 0.3) is 0 Å². The molecule has 1 heterocycles. The quantitative estimate of drug-likeness (QED) is 0.872. The second-order valence-electron chi connectivity index (χ2n) is 3.67. The summed E-state index contributed by atoms with van der Waals surface area (Å²) in [4.78, 5) is 4.54. The van der Waals surface area contributed by atoms with Crippen molar-refractivity contribution in [3.05, 3.63) is 42.5 Å². The Morgan fingerprint density at radius 1 is 1.12 bits per heavy atom. The Hall–Kier alpha value is -2.03. The fourth-order valence-electron chi connectivity index (χ4n) is 1.64. The van der Waals surface area contributed by atoms with Crippen LogP contribution in [0.2, 0.25) is 0 Å². The molecule has 2 rings (SSSR count). The Kier molecular flexibility index (Phi) is 3.60. The van der Waals surface area contributed by atoms with E-state index in [-0.39, 0.29) is 0 Å². The highest BCUT2D eigenvalue weighted by Crippen LogP contribution is 2.21. The van der Waals surface area contributed by atoms with Crippen LogP contribution in [0, 0.1) is 0 Å². The van der Waals surface area contributed by atoms with E-state index in [1.165, 1.54) is 0 Å². The summed E-state index contributed by atoms with van der Waals surface area (Å²) in [6, 6.07) is 13.9. The Morgan fingerprint density at radius 2 is 1.88 bits per heavy atom. The van der Waals surface area contributed by atoms with Crippen molar-refractivity contribution in [3.8, 4) is 17.0 Å². The van der Waals surface area contributed by atoms with Crippen LogP contribution in [0.3, 0.4) is 0 Å². The highest BCUT2D eigenvalue weighted by atomic mass is 16.5. The maximum absolute atomic E-state index is 5.13. The van der Waals surface area contributed by atoms with Crippen molar-refractivity contribution in [2.75, 3.05) is 19.0 Å². The molecule has 3 nitrogen and oxygen atoms in total. The summed E-state index contributed by atoms with van der Waals surface area (Å²) in [5, 5.41) is 3.20. The van der Waals surface area contributed by atoms with Gasteiger partial charge in [0.2, 0.25) is 0 Å². The Bertz CT molecular complexity index is 480. The third kappa shape index (κ3) is 2.75. The molecule has 0 saturated heterocycles. The molecule has 0 saturated carbocycles. The van der Waals surface area contributed by atoms with Gasteiger partial charge in [-0.3, -0.25) is 0 Å². The molecule has 1 aromatic heterocycles. The zero-order valence-electron chi connectivity index (χ0n) is 10.1. The molecule has 0 atom stereocenters. The number of nitrogens with one attached hydrogen (secondary N) is 1. The minimum atomic E-state index is 0.858. The van der Waals surface area contributed by atoms with Crippen LogP contribution in [0.4, 0.5) is 5.82 Å². The summed E-state index contributed by atoms with van der Waals surface area (Å²) in [5.41, 5.74) is 2.05. The molecule has 0 radical (unpaired) electrons. The Labute approximate surface area is 101 Å². The SMILES string of the molecule is CCNc1cccc(-c2ccc(OC)cc2)n1. The zero-order valence-corrected chi connectivity index (χ0v) is 10.1. The van der Waals surface area contributed by atoms with E-state index in [4.69, 9.17) is 4.74 Å². The number of hydrogen-bond acceptors (Lipinski definition) is 3. The van der Waals surface area contributed by atoms with E-state index in [0.29, 0.717) is 0 Å². The Balaban J connectivity index is 2.28. The van der Waals surface area contributed by atoms with Gasteiger partial charge in [0.05, 0.1) is 12.8 Å². The second-order valence-corrected chi connectivity index (χ2v) is 3.67. The molecule has 0 fully saturated rings. The summed E-state index contributed by atoms with van der Waals surface area (Å²) in [6.45, 7) is 2.93. The molecule has 17 heavy (non-hydrogen) atoms. The largest absolute Gasteiger partial charge is 0.497 e. The summed E-state index contributed by atoms with van der Waals surface area (Å²) in [5.74, 6) is 1.76. The molecular formula is C14H16N2O. The van der Waals surface area contributed by atoms with Crippen molar-refractivity contribution in [1.82, 2.24) is 4.98 Å². The topological polar surface area (TPSA) is 34.1 Å². The molecule has 0 aliphatic rings. The molecule has 88 valence electrons. The van der Waals surface area contributed by atoms with Gasteiger partial charge in [0.15, 0.2) is 0 Å². The van der Waals surface area contributed by atoms with E-state index in [1.807, 2.05) is 42.5 Å². The van der Waals surface area contributed by atoms with Crippen molar-refractivity contribution in [1.29, 1.82) is 0 Å². The first-order valence-electron chi connectivity index (χ1n) is 5.69. The smallest absolute Gasteiger partial charge is 0.126 e. The van der Waals surface area contributed by atoms with Crippen molar-refractivity contribution >= 4 is 5.82 Å². The van der Waals surface area contributed by atoms with Crippen LogP contribution >= 0.6 is 0 Å². The van der Waals surface area contributed by atoms with E-state index < -0.39 is 0 Å². The molecule has 1 aromatic carbocycles. The van der Waals surface area contributed by atoms with Gasteiger partial charge in [-0.15, -0.1) is 0 Å². The molecule has 3 heteroatoms. The highest BCUT2D eigenvalue weighted by Gasteiger charge is 2.00. The average Bonchev–Trinajstić information content (AvgIpc) is 2.40. The van der Waals surface area contributed by atoms with Crippen molar-refractivity contribution in [2.45, 2.75) is 6.92 Å². The van der Waals surface area contributed by atoms with Crippen LogP contribution < -0.4 is 10.1 Å². The number of ether oxygens (including phenoxy) is 1. The summed E-state index contributed by atoms with van der Waals surface area (Å²) in [7, 11) is 1.67. The van der Waals surface area contributed by atoms with Gasteiger partial charge in [-0.25, -0.2) is 4.98 Å². The molecule has 0 bridgehead atoms. The van der Waals surface area contributed by atoms with Gasteiger partial charge in [-0.05, 0) is 43.3 Å². The Morgan fingerprint density at radius 3 is 2.53 bits per heavy atom. The number of nitrogens with zero attached hydrogens (tertiary/aromatic N) is 1. The second kappa shape index (κ2) is 5.34. The lowest BCUT2D eigenvalue weighted by atomic mass is 10.1. The first-order chi connectivity index (χ1) is 8.33. The van der Waals surface area contributed by atoms with Gasteiger partial charge in [-0.2, -0.15) is 0 Å². The summed E-state index contributed by atoms with van der Waals surface area (Å²) in [6.07, 6.45) is 0. The van der Waals surface area contributed by atoms with E-state index >= 15 is 0 Å². The van der Waals surface area contributed by atoms with E-state index in [1.54, 1.807) is 7.11 Å². The summed E-state index contributed by atoms with van der Waals surface area (Å²) < 4.78 is 5.13. The number of anilines is 1. The third-order valence-electron chi connectivity index (χ3n) is 2.49. The van der Waals surface area contributed by atoms with Gasteiger partial charge < -0.3 is 10.1 Å². The minimum Gasteiger partial charge on any atom is -0.497 e. The lowest BCUT2D eigenvalue weighted by molar-refractivity contribution is 0.415. The first kappa shape index (κ1) is 11.5. The maximum atomic E-state index is 5.13. The van der Waals surface area contributed by atoms with Gasteiger partial charge >= 0.3 is 0 Å². The van der Waals surface area contributed by atoms with Crippen LogP contribution in [-0.4, -0.2) is 18.6 Å². The van der Waals surface area contributed by atoms with E-state index in [9.17, 15) is 0 Å². The average molecular weight is 228 g/mol. The van der Waals surface area contributed by atoms with Crippen LogP contribution in [0.15, 0.2) is 42.5 Å². The first-order valence-corrected chi connectivity index (χ1v) is 5.69. The van der Waals surface area contributed by atoms with Gasteiger partial charge in [0, 0.05) is 12.1 Å². The van der Waals surface area contributed by atoms with E-state index in [2.05, 4.69) is 17.2 Å². The lowest BCUT2D eigenvalue weighted by Gasteiger charge is -2.06. The van der Waals surface area contributed by atoms with E-state index in [0.717, 1.165) is 29.4 Å². The number of hydrogen-bond donors (Lipinski definition) is 1. The third-order valence-corrected chi connectivity index (χ3v) is 2.49. The molecule has 0 aliphatic heterocycles. The van der Waals surface area contributed by atoms with Crippen molar-refractivity contribution < 1.29 is 4.74 Å². The normalized spacial score (nSPS) is 10.0. The molecule has 0 spiro atoms. The molecule has 0 unspecified atom stereocenters. The predicted octanol–water partition coefficient (Wildman–Crippen LogP) is 3.19. The fraction of sp³-hybridized carbons (Fsp3) is 0.214. The lowest BCUT2D eigenvalue weighted by Crippen LogP contribution is -1.99. The standard InChI is InChI=1S/C14H16N2O/c1-3-15-14-6-4-5-13(16-14)11-7-9-12(17-2)10-8-11/h4-10H,3H2,1-2H3,(H,15,16). The van der Waals surface area contributed by atoms with Gasteiger partial charge in [0.1, 0.15) is 11.6 Å². The monoisotopic (exact) mass is 228 g/mol. The predicted molar refractivity (Wildman–Crippen MR) is 70.4 cm³/mol. The number of pyridine rings is 1. The van der Waals surface area contributed by atoms with Crippen LogP contribution in [0.1, 0.15) is 6.92 Å². The van der Waals surface area contributed by atoms with Gasteiger partial charge in [-0.1, -0.05) is 6.07 Å². The van der Waals surface area contributed by atoms with Crippen molar-refractivity contribution in [2.24, 2.45) is 0 Å². The fourth-order valence-corrected chi connectivity index (χ4v) is 1.64. The van der Waals surface area contributed by atoms with Crippen LogP contribution in [0.5, 0.6) is 5.75 Å². The molecule has 1 N–H and O–H groups in total. The highest BCUT2D eigenvalue weighted by molar-refractivity contribution is 5.62.